The molecular weight excluding hydrogens is 316 g/mol. The van der Waals surface area contributed by atoms with Gasteiger partial charge in [-0.1, -0.05) is 6.92 Å². The van der Waals surface area contributed by atoms with E-state index >= 15 is 0 Å². The molecule has 0 atom stereocenters. The van der Waals surface area contributed by atoms with E-state index in [1.54, 1.807) is 11.4 Å². The number of aromatic amines is 1. The molecule has 0 saturated carbocycles. The van der Waals surface area contributed by atoms with E-state index < -0.39 is 0 Å². The maximum absolute atomic E-state index is 12.0. The first-order valence-electron chi connectivity index (χ1n) is 5.19. The Labute approximate surface area is 116 Å². The number of halogens is 1. The number of hydrogen-bond donors (Lipinski definition) is 2. The van der Waals surface area contributed by atoms with E-state index in [1.807, 2.05) is 13.0 Å². The molecule has 0 aliphatic rings. The molecule has 0 aromatic carbocycles. The molecule has 0 bridgehead atoms. The zero-order chi connectivity index (χ0) is 13.1. The summed E-state index contributed by atoms with van der Waals surface area (Å²) in [6.07, 6.45) is 0.784. The summed E-state index contributed by atoms with van der Waals surface area (Å²) in [5, 5.41) is 20.1. The third-order valence-corrected chi connectivity index (χ3v) is 4.12. The minimum absolute atomic E-state index is 0.323. The average Bonchev–Trinajstić information content (AvgIpc) is 2.97. The Kier molecular flexibility index (Phi) is 3.79. The summed E-state index contributed by atoms with van der Waals surface area (Å²) in [5.74, 6) is 0.116. The van der Waals surface area contributed by atoms with E-state index in [0.717, 1.165) is 16.6 Å². The highest BCUT2D eigenvalue weighted by molar-refractivity contribution is 9.10. The van der Waals surface area contributed by atoms with Crippen molar-refractivity contribution in [3.63, 3.8) is 0 Å². The van der Waals surface area contributed by atoms with E-state index in [0.29, 0.717) is 16.3 Å². The molecule has 7 heteroatoms. The molecule has 0 fully saturated rings. The van der Waals surface area contributed by atoms with Crippen molar-refractivity contribution in [2.24, 2.45) is 0 Å². The lowest BCUT2D eigenvalue weighted by molar-refractivity contribution is 0.103. The molecule has 2 heterocycles. The van der Waals surface area contributed by atoms with E-state index in [2.05, 4.69) is 31.4 Å². The van der Waals surface area contributed by atoms with Crippen LogP contribution < -0.4 is 5.32 Å². The number of aryl methyl sites for hydroxylation is 1. The van der Waals surface area contributed by atoms with Crippen molar-refractivity contribution in [3.05, 3.63) is 32.1 Å². The van der Waals surface area contributed by atoms with Gasteiger partial charge in [0.05, 0.1) is 15.7 Å². The van der Waals surface area contributed by atoms with E-state index in [4.69, 9.17) is 5.26 Å². The van der Waals surface area contributed by atoms with Gasteiger partial charge in [-0.3, -0.25) is 9.89 Å². The molecule has 0 aliphatic carbocycles. The molecule has 2 rings (SSSR count). The van der Waals surface area contributed by atoms with Gasteiger partial charge in [0, 0.05) is 0 Å². The Bertz CT molecular complexity index is 625. The standard InChI is InChI=1S/C11H9BrN4OS/c1-2-7-8(12)10(16-15-7)14-11(17)9-6(5-13)3-4-18-9/h3-4H,2H2,1H3,(H2,14,15,16,17). The largest absolute Gasteiger partial charge is 0.303 e. The fourth-order valence-corrected chi connectivity index (χ4v) is 2.71. The summed E-state index contributed by atoms with van der Waals surface area (Å²) < 4.78 is 0.744. The Morgan fingerprint density at radius 3 is 3.11 bits per heavy atom. The first-order valence-corrected chi connectivity index (χ1v) is 6.86. The highest BCUT2D eigenvalue weighted by Gasteiger charge is 2.17. The van der Waals surface area contributed by atoms with Crippen LogP contribution >= 0.6 is 27.3 Å². The number of nitrogens with zero attached hydrogens (tertiary/aromatic N) is 2. The van der Waals surface area contributed by atoms with Crippen LogP contribution in [0.25, 0.3) is 0 Å². The maximum Gasteiger partial charge on any atom is 0.268 e. The van der Waals surface area contributed by atoms with Gasteiger partial charge >= 0.3 is 0 Å². The Morgan fingerprint density at radius 1 is 1.72 bits per heavy atom. The number of carbonyl (C=O) groups is 1. The second kappa shape index (κ2) is 5.33. The Balaban J connectivity index is 2.22. The van der Waals surface area contributed by atoms with Crippen molar-refractivity contribution in [2.75, 3.05) is 5.32 Å². The second-order valence-electron chi connectivity index (χ2n) is 3.45. The van der Waals surface area contributed by atoms with Gasteiger partial charge < -0.3 is 5.32 Å². The summed E-state index contributed by atoms with van der Waals surface area (Å²) in [6, 6.07) is 3.60. The summed E-state index contributed by atoms with van der Waals surface area (Å²) in [5.41, 5.74) is 1.29. The fraction of sp³-hybridized carbons (Fsp3) is 0.182. The van der Waals surface area contributed by atoms with Crippen molar-refractivity contribution in [1.82, 2.24) is 10.2 Å². The van der Waals surface area contributed by atoms with Crippen LogP contribution in [0.5, 0.6) is 0 Å². The van der Waals surface area contributed by atoms with Crippen LogP contribution in [-0.4, -0.2) is 16.1 Å². The van der Waals surface area contributed by atoms with Gasteiger partial charge in [-0.05, 0) is 33.8 Å². The number of amides is 1. The molecule has 1 amide bonds. The zero-order valence-corrected chi connectivity index (χ0v) is 11.9. The van der Waals surface area contributed by atoms with Crippen LogP contribution in [-0.2, 0) is 6.42 Å². The average molecular weight is 325 g/mol. The van der Waals surface area contributed by atoms with E-state index in [-0.39, 0.29) is 5.91 Å². The number of carbonyl (C=O) groups excluding carboxylic acids is 1. The SMILES string of the molecule is CCc1[nH]nc(NC(=O)c2sccc2C#N)c1Br. The highest BCUT2D eigenvalue weighted by atomic mass is 79.9. The molecule has 2 aromatic heterocycles. The van der Waals surface area contributed by atoms with Crippen LogP contribution in [0.4, 0.5) is 5.82 Å². The molecule has 0 spiro atoms. The van der Waals surface area contributed by atoms with E-state index in [9.17, 15) is 4.79 Å². The van der Waals surface area contributed by atoms with Crippen LogP contribution in [0, 0.1) is 11.3 Å². The summed E-state index contributed by atoms with van der Waals surface area (Å²) >= 11 is 4.60. The minimum atomic E-state index is -0.323. The van der Waals surface area contributed by atoms with Crippen molar-refractivity contribution in [3.8, 4) is 6.07 Å². The van der Waals surface area contributed by atoms with Gasteiger partial charge in [-0.25, -0.2) is 0 Å². The van der Waals surface area contributed by atoms with Crippen molar-refractivity contribution in [1.29, 1.82) is 5.26 Å². The lowest BCUT2D eigenvalue weighted by atomic mass is 10.2. The van der Waals surface area contributed by atoms with Gasteiger partial charge in [-0.2, -0.15) is 10.4 Å². The van der Waals surface area contributed by atoms with Crippen LogP contribution in [0.2, 0.25) is 0 Å². The van der Waals surface area contributed by atoms with Crippen LogP contribution in [0.3, 0.4) is 0 Å². The van der Waals surface area contributed by atoms with Gasteiger partial charge in [-0.15, -0.1) is 11.3 Å². The van der Waals surface area contributed by atoms with Crippen molar-refractivity contribution < 1.29 is 4.79 Å². The predicted octanol–water partition coefficient (Wildman–Crippen LogP) is 2.92. The predicted molar refractivity (Wildman–Crippen MR) is 72.7 cm³/mol. The highest BCUT2D eigenvalue weighted by Crippen LogP contribution is 2.25. The molecule has 5 nitrogen and oxygen atoms in total. The second-order valence-corrected chi connectivity index (χ2v) is 5.16. The third-order valence-electron chi connectivity index (χ3n) is 2.35. The van der Waals surface area contributed by atoms with Crippen molar-refractivity contribution >= 4 is 39.0 Å². The van der Waals surface area contributed by atoms with Crippen LogP contribution in [0.1, 0.15) is 27.9 Å². The molecule has 2 N–H and O–H groups in total. The Morgan fingerprint density at radius 2 is 2.50 bits per heavy atom. The lowest BCUT2D eigenvalue weighted by Crippen LogP contribution is -2.12. The number of aromatic nitrogens is 2. The summed E-state index contributed by atoms with van der Waals surface area (Å²) in [4.78, 5) is 12.4. The molecule has 0 radical (unpaired) electrons. The molecule has 0 saturated heterocycles. The molecule has 2 aromatic rings. The van der Waals surface area contributed by atoms with Gasteiger partial charge in [0.1, 0.15) is 10.9 Å². The Hall–Kier alpha value is -1.65. The number of nitrogens with one attached hydrogen (secondary N) is 2. The number of rotatable bonds is 3. The zero-order valence-electron chi connectivity index (χ0n) is 9.45. The molecular formula is C11H9BrN4OS. The fourth-order valence-electron chi connectivity index (χ4n) is 1.42. The minimum Gasteiger partial charge on any atom is -0.303 e. The number of nitriles is 1. The topological polar surface area (TPSA) is 81.6 Å². The first-order chi connectivity index (χ1) is 8.67. The maximum atomic E-state index is 12.0. The number of thiophene rings is 1. The molecule has 92 valence electrons. The molecule has 0 unspecified atom stereocenters. The van der Waals surface area contributed by atoms with Gasteiger partial charge in [0.2, 0.25) is 0 Å². The smallest absolute Gasteiger partial charge is 0.268 e. The lowest BCUT2D eigenvalue weighted by Gasteiger charge is -2.00. The normalized spacial score (nSPS) is 10.1. The van der Waals surface area contributed by atoms with Crippen molar-refractivity contribution in [2.45, 2.75) is 13.3 Å². The third kappa shape index (κ3) is 2.30. The summed E-state index contributed by atoms with van der Waals surface area (Å²) in [7, 11) is 0. The van der Waals surface area contributed by atoms with Gasteiger partial charge in [0.25, 0.3) is 5.91 Å². The summed E-state index contributed by atoms with van der Waals surface area (Å²) in [6.45, 7) is 1.98. The number of H-pyrrole nitrogens is 1. The quantitative estimate of drug-likeness (QED) is 0.910. The molecule has 0 aliphatic heterocycles. The number of hydrogen-bond acceptors (Lipinski definition) is 4. The number of anilines is 1. The van der Waals surface area contributed by atoms with E-state index in [1.165, 1.54) is 11.3 Å². The first kappa shape index (κ1) is 12.8. The van der Waals surface area contributed by atoms with Crippen LogP contribution in [0.15, 0.2) is 15.9 Å². The molecule has 18 heavy (non-hydrogen) atoms. The van der Waals surface area contributed by atoms with Gasteiger partial charge in [0.15, 0.2) is 5.82 Å². The monoisotopic (exact) mass is 324 g/mol.